The molecule has 2 heteroatoms. The summed E-state index contributed by atoms with van der Waals surface area (Å²) in [5, 5.41) is 2.05. The fraction of sp³-hybridized carbons (Fsp3) is 0.688. The Morgan fingerprint density at radius 3 is 2.67 bits per heavy atom. The summed E-state index contributed by atoms with van der Waals surface area (Å²) in [6.45, 7) is 2.07. The maximum atomic E-state index is 12.6. The molecule has 1 aromatic heterocycles. The van der Waals surface area contributed by atoms with Crippen molar-refractivity contribution in [3.8, 4) is 0 Å². The average Bonchev–Trinajstić information content (AvgIpc) is 2.83. The van der Waals surface area contributed by atoms with Crippen LogP contribution in [0.5, 0.6) is 0 Å². The van der Waals surface area contributed by atoms with Crippen LogP contribution in [0.4, 0.5) is 0 Å². The molecule has 3 rings (SSSR count). The quantitative estimate of drug-likeness (QED) is 0.697. The second kappa shape index (κ2) is 5.16. The van der Waals surface area contributed by atoms with Crippen LogP contribution in [-0.4, -0.2) is 5.78 Å². The number of carbonyl (C=O) groups is 1. The lowest BCUT2D eigenvalue weighted by molar-refractivity contribution is 0.0763. The predicted molar refractivity (Wildman–Crippen MR) is 76.2 cm³/mol. The van der Waals surface area contributed by atoms with Crippen molar-refractivity contribution in [2.24, 2.45) is 17.8 Å². The van der Waals surface area contributed by atoms with E-state index in [0.29, 0.717) is 11.7 Å². The van der Waals surface area contributed by atoms with E-state index in [9.17, 15) is 4.79 Å². The van der Waals surface area contributed by atoms with Gasteiger partial charge in [-0.1, -0.05) is 25.7 Å². The highest BCUT2D eigenvalue weighted by Gasteiger charge is 2.35. The molecule has 1 heterocycles. The third kappa shape index (κ3) is 2.27. The summed E-state index contributed by atoms with van der Waals surface area (Å²) in [7, 11) is 0. The van der Waals surface area contributed by atoms with E-state index in [-0.39, 0.29) is 0 Å². The van der Waals surface area contributed by atoms with E-state index in [1.54, 1.807) is 11.3 Å². The maximum Gasteiger partial charge on any atom is 0.167 e. The molecule has 0 saturated heterocycles. The standard InChI is InChI=1S/C16H22OS/c1-11-15(8-9-18-11)16(17)14-7-6-12-4-2-3-5-13(12)10-14/h8-9,12-14H,2-7,10H2,1H3. The molecule has 0 aromatic carbocycles. The van der Waals surface area contributed by atoms with E-state index in [1.807, 2.05) is 6.07 Å². The molecule has 1 nitrogen and oxygen atoms in total. The Hall–Kier alpha value is -0.630. The van der Waals surface area contributed by atoms with Crippen molar-refractivity contribution in [3.63, 3.8) is 0 Å². The molecule has 1 aromatic rings. The van der Waals surface area contributed by atoms with Gasteiger partial charge in [0.1, 0.15) is 0 Å². The third-order valence-electron chi connectivity index (χ3n) is 5.03. The van der Waals surface area contributed by atoms with Gasteiger partial charge in [0, 0.05) is 16.4 Å². The summed E-state index contributed by atoms with van der Waals surface area (Å²) in [6.07, 6.45) is 9.20. The molecule has 98 valence electrons. The highest BCUT2D eigenvalue weighted by molar-refractivity contribution is 7.10. The molecule has 0 amide bonds. The van der Waals surface area contributed by atoms with Crippen LogP contribution in [0.15, 0.2) is 11.4 Å². The number of ketones is 1. The minimum Gasteiger partial charge on any atom is -0.294 e. The van der Waals surface area contributed by atoms with E-state index < -0.39 is 0 Å². The van der Waals surface area contributed by atoms with Crippen molar-refractivity contribution in [3.05, 3.63) is 21.9 Å². The van der Waals surface area contributed by atoms with Crippen molar-refractivity contribution in [1.29, 1.82) is 0 Å². The highest BCUT2D eigenvalue weighted by atomic mass is 32.1. The molecule has 18 heavy (non-hydrogen) atoms. The van der Waals surface area contributed by atoms with Gasteiger partial charge >= 0.3 is 0 Å². The van der Waals surface area contributed by atoms with E-state index in [0.717, 1.165) is 23.8 Å². The minimum absolute atomic E-state index is 0.317. The smallest absolute Gasteiger partial charge is 0.167 e. The first-order valence-electron chi connectivity index (χ1n) is 7.34. The first-order valence-corrected chi connectivity index (χ1v) is 8.22. The number of fused-ring (bicyclic) bond motifs is 1. The zero-order chi connectivity index (χ0) is 12.5. The molecule has 2 aliphatic carbocycles. The van der Waals surface area contributed by atoms with Gasteiger partial charge in [0.05, 0.1) is 0 Å². The summed E-state index contributed by atoms with van der Waals surface area (Å²) in [4.78, 5) is 13.8. The van der Waals surface area contributed by atoms with E-state index >= 15 is 0 Å². The minimum atomic E-state index is 0.317. The van der Waals surface area contributed by atoms with Crippen LogP contribution < -0.4 is 0 Å². The van der Waals surface area contributed by atoms with Crippen molar-refractivity contribution >= 4 is 17.1 Å². The van der Waals surface area contributed by atoms with Gasteiger partial charge in [-0.2, -0.15) is 0 Å². The van der Waals surface area contributed by atoms with E-state index in [1.165, 1.54) is 43.4 Å². The Morgan fingerprint density at radius 1 is 1.17 bits per heavy atom. The molecule has 0 N–H and O–H groups in total. The Labute approximate surface area is 114 Å². The van der Waals surface area contributed by atoms with Gasteiger partial charge in [-0.05, 0) is 49.5 Å². The van der Waals surface area contributed by atoms with Crippen LogP contribution in [0.25, 0.3) is 0 Å². The SMILES string of the molecule is Cc1sccc1C(=O)C1CCC2CCCCC2C1. The molecule has 2 aliphatic rings. The molecule has 0 spiro atoms. The maximum absolute atomic E-state index is 12.6. The van der Waals surface area contributed by atoms with Crippen LogP contribution >= 0.6 is 11.3 Å². The lowest BCUT2D eigenvalue weighted by Gasteiger charge is -2.38. The number of aryl methyl sites for hydroxylation is 1. The van der Waals surface area contributed by atoms with E-state index in [4.69, 9.17) is 0 Å². The van der Waals surface area contributed by atoms with Gasteiger partial charge in [0.2, 0.25) is 0 Å². The van der Waals surface area contributed by atoms with Gasteiger partial charge in [-0.25, -0.2) is 0 Å². The molecule has 0 radical (unpaired) electrons. The summed E-state index contributed by atoms with van der Waals surface area (Å²) in [5.74, 6) is 2.53. The van der Waals surface area contributed by atoms with Crippen LogP contribution in [0.1, 0.15) is 60.2 Å². The van der Waals surface area contributed by atoms with Gasteiger partial charge in [0.25, 0.3) is 0 Å². The molecule has 0 aliphatic heterocycles. The number of hydrogen-bond acceptors (Lipinski definition) is 2. The molecular weight excluding hydrogens is 240 g/mol. The zero-order valence-electron chi connectivity index (χ0n) is 11.2. The van der Waals surface area contributed by atoms with Crippen molar-refractivity contribution in [2.75, 3.05) is 0 Å². The van der Waals surface area contributed by atoms with Crippen LogP contribution in [0, 0.1) is 24.7 Å². The van der Waals surface area contributed by atoms with Crippen molar-refractivity contribution < 1.29 is 4.79 Å². The Kier molecular flexibility index (Phi) is 3.56. The molecule has 3 unspecified atom stereocenters. The fourth-order valence-electron chi connectivity index (χ4n) is 3.97. The summed E-state index contributed by atoms with van der Waals surface area (Å²) in [5.41, 5.74) is 0.999. The van der Waals surface area contributed by atoms with Crippen LogP contribution in [-0.2, 0) is 0 Å². The first-order chi connectivity index (χ1) is 8.75. The molecule has 0 bridgehead atoms. The fourth-order valence-corrected chi connectivity index (χ4v) is 4.68. The number of Topliss-reactive ketones (excluding diaryl/α,β-unsaturated/α-hetero) is 1. The number of rotatable bonds is 2. The number of thiophene rings is 1. The van der Waals surface area contributed by atoms with Gasteiger partial charge < -0.3 is 0 Å². The normalized spacial score (nSPS) is 31.9. The van der Waals surface area contributed by atoms with Gasteiger partial charge in [0.15, 0.2) is 5.78 Å². The largest absolute Gasteiger partial charge is 0.294 e. The van der Waals surface area contributed by atoms with Crippen molar-refractivity contribution in [2.45, 2.75) is 51.9 Å². The first kappa shape index (κ1) is 12.4. The Morgan fingerprint density at radius 2 is 1.94 bits per heavy atom. The Bertz CT molecular complexity index is 434. The average molecular weight is 262 g/mol. The monoisotopic (exact) mass is 262 g/mol. The molecule has 2 saturated carbocycles. The summed E-state index contributed by atoms with van der Waals surface area (Å²) >= 11 is 1.70. The van der Waals surface area contributed by atoms with Gasteiger partial charge in [-0.15, -0.1) is 11.3 Å². The second-order valence-electron chi connectivity index (χ2n) is 6.07. The lowest BCUT2D eigenvalue weighted by Crippen LogP contribution is -2.31. The Balaban J connectivity index is 1.70. The summed E-state index contributed by atoms with van der Waals surface area (Å²) in [6, 6.07) is 2.02. The summed E-state index contributed by atoms with van der Waals surface area (Å²) < 4.78 is 0. The van der Waals surface area contributed by atoms with Crippen molar-refractivity contribution in [1.82, 2.24) is 0 Å². The second-order valence-corrected chi connectivity index (χ2v) is 7.19. The lowest BCUT2D eigenvalue weighted by atomic mass is 9.66. The predicted octanol–water partition coefficient (Wildman–Crippen LogP) is 4.85. The number of hydrogen-bond donors (Lipinski definition) is 0. The topological polar surface area (TPSA) is 17.1 Å². The molecule has 2 fully saturated rings. The molecule has 3 atom stereocenters. The third-order valence-corrected chi connectivity index (χ3v) is 5.88. The van der Waals surface area contributed by atoms with Gasteiger partial charge in [-0.3, -0.25) is 4.79 Å². The van der Waals surface area contributed by atoms with Crippen LogP contribution in [0.2, 0.25) is 0 Å². The van der Waals surface area contributed by atoms with Crippen LogP contribution in [0.3, 0.4) is 0 Å². The highest BCUT2D eigenvalue weighted by Crippen LogP contribution is 2.43. The zero-order valence-corrected chi connectivity index (χ0v) is 12.0. The van der Waals surface area contributed by atoms with E-state index in [2.05, 4.69) is 12.3 Å². The number of carbonyl (C=O) groups excluding carboxylic acids is 1. The molecular formula is C16H22OS.